The van der Waals surface area contributed by atoms with Gasteiger partial charge in [-0.25, -0.2) is 0 Å². The Morgan fingerprint density at radius 3 is 2.42 bits per heavy atom. The highest BCUT2D eigenvalue weighted by molar-refractivity contribution is 6.46. The lowest BCUT2D eigenvalue weighted by Crippen LogP contribution is -2.29. The zero-order valence-electron chi connectivity index (χ0n) is 22.1. The lowest BCUT2D eigenvalue weighted by Gasteiger charge is -2.26. The number of ketones is 1. The van der Waals surface area contributed by atoms with Crippen LogP contribution in [-0.2, 0) is 22.7 Å². The number of aromatic nitrogens is 1. The number of pyridine rings is 1. The summed E-state index contributed by atoms with van der Waals surface area (Å²) in [6, 6.07) is 22.1. The number of aromatic hydroxyl groups is 1. The summed E-state index contributed by atoms with van der Waals surface area (Å²) in [4.78, 5) is 32.2. The van der Waals surface area contributed by atoms with E-state index in [-0.39, 0.29) is 29.4 Å². The van der Waals surface area contributed by atoms with Crippen LogP contribution in [0.1, 0.15) is 33.9 Å². The summed E-state index contributed by atoms with van der Waals surface area (Å²) in [5.74, 6) is -1.13. The monoisotopic (exact) mass is 536 g/mol. The number of carbonyl (C=O) groups excluding carboxylic acids is 2. The Morgan fingerprint density at radius 1 is 0.950 bits per heavy atom. The summed E-state index contributed by atoms with van der Waals surface area (Å²) < 4.78 is 11.2. The SMILES string of the molecule is COc1cc([C@@H]2/C(=C(\O)c3ccc(OCc4ccccc4)c(C)c3)C(=O)C(=O)N2Cc2cccnc2)ccc1O. The molecule has 1 amide bonds. The van der Waals surface area contributed by atoms with Crippen LogP contribution in [0.25, 0.3) is 5.76 Å². The van der Waals surface area contributed by atoms with E-state index < -0.39 is 17.7 Å². The number of amides is 1. The van der Waals surface area contributed by atoms with E-state index in [4.69, 9.17) is 9.47 Å². The summed E-state index contributed by atoms with van der Waals surface area (Å²) >= 11 is 0. The number of rotatable bonds is 8. The van der Waals surface area contributed by atoms with Gasteiger partial charge in [0.15, 0.2) is 11.5 Å². The molecule has 1 aliphatic rings. The van der Waals surface area contributed by atoms with Crippen molar-refractivity contribution in [3.63, 3.8) is 0 Å². The maximum atomic E-state index is 13.4. The van der Waals surface area contributed by atoms with Gasteiger partial charge in [-0.15, -0.1) is 0 Å². The van der Waals surface area contributed by atoms with Gasteiger partial charge in [-0.1, -0.05) is 42.5 Å². The molecule has 5 rings (SSSR count). The molecule has 1 aliphatic heterocycles. The first kappa shape index (κ1) is 26.5. The van der Waals surface area contributed by atoms with Crippen molar-refractivity contribution in [1.82, 2.24) is 9.88 Å². The molecule has 1 saturated heterocycles. The van der Waals surface area contributed by atoms with Crippen LogP contribution in [0.2, 0.25) is 0 Å². The molecule has 8 nitrogen and oxygen atoms in total. The van der Waals surface area contributed by atoms with Gasteiger partial charge in [-0.3, -0.25) is 14.6 Å². The molecule has 2 heterocycles. The number of aliphatic hydroxyl groups excluding tert-OH is 1. The van der Waals surface area contributed by atoms with Crippen LogP contribution in [0.5, 0.6) is 17.2 Å². The Bertz CT molecular complexity index is 1580. The number of ether oxygens (including phenoxy) is 2. The van der Waals surface area contributed by atoms with Crippen molar-refractivity contribution in [1.29, 1.82) is 0 Å². The Balaban J connectivity index is 1.54. The molecule has 0 saturated carbocycles. The fraction of sp³-hybridized carbons (Fsp3) is 0.156. The number of benzene rings is 3. The second kappa shape index (κ2) is 11.3. The number of likely N-dealkylation sites (tertiary alicyclic amines) is 1. The number of aryl methyl sites for hydroxylation is 1. The van der Waals surface area contributed by atoms with Crippen LogP contribution >= 0.6 is 0 Å². The van der Waals surface area contributed by atoms with E-state index in [1.54, 1.807) is 54.9 Å². The van der Waals surface area contributed by atoms with Crippen LogP contribution in [0.4, 0.5) is 0 Å². The van der Waals surface area contributed by atoms with Gasteiger partial charge in [-0.05, 0) is 65.6 Å². The molecule has 3 aromatic carbocycles. The highest BCUT2D eigenvalue weighted by Gasteiger charge is 2.46. The van der Waals surface area contributed by atoms with E-state index in [2.05, 4.69) is 4.98 Å². The molecule has 0 bridgehead atoms. The van der Waals surface area contributed by atoms with E-state index in [0.29, 0.717) is 23.5 Å². The molecule has 0 spiro atoms. The van der Waals surface area contributed by atoms with Crippen molar-refractivity contribution in [3.05, 3.63) is 125 Å². The average Bonchev–Trinajstić information content (AvgIpc) is 3.22. The van der Waals surface area contributed by atoms with Gasteiger partial charge >= 0.3 is 0 Å². The Morgan fingerprint density at radius 2 is 1.73 bits per heavy atom. The second-order valence-corrected chi connectivity index (χ2v) is 9.47. The van der Waals surface area contributed by atoms with Gasteiger partial charge in [-0.2, -0.15) is 0 Å². The summed E-state index contributed by atoms with van der Waals surface area (Å²) in [7, 11) is 1.41. The topological polar surface area (TPSA) is 109 Å². The third kappa shape index (κ3) is 5.24. The molecular formula is C32H28N2O6. The smallest absolute Gasteiger partial charge is 0.295 e. The molecule has 1 atom stereocenters. The summed E-state index contributed by atoms with van der Waals surface area (Å²) in [5.41, 5.74) is 3.31. The summed E-state index contributed by atoms with van der Waals surface area (Å²) in [6.45, 7) is 2.32. The fourth-order valence-electron chi connectivity index (χ4n) is 4.79. The second-order valence-electron chi connectivity index (χ2n) is 9.47. The predicted octanol–water partition coefficient (Wildman–Crippen LogP) is 5.31. The van der Waals surface area contributed by atoms with E-state index in [1.807, 2.05) is 37.3 Å². The number of phenolic OH excluding ortho intramolecular Hbond substituents is 1. The van der Waals surface area contributed by atoms with Crippen LogP contribution in [0, 0.1) is 6.92 Å². The maximum absolute atomic E-state index is 13.4. The zero-order valence-corrected chi connectivity index (χ0v) is 22.1. The van der Waals surface area contributed by atoms with E-state index in [1.165, 1.54) is 18.1 Å². The lowest BCUT2D eigenvalue weighted by molar-refractivity contribution is -0.140. The normalized spacial score (nSPS) is 16.2. The lowest BCUT2D eigenvalue weighted by atomic mass is 9.94. The fourth-order valence-corrected chi connectivity index (χ4v) is 4.79. The number of carbonyl (C=O) groups is 2. The Labute approximate surface area is 231 Å². The molecule has 1 aromatic heterocycles. The van der Waals surface area contributed by atoms with Gasteiger partial charge in [0.2, 0.25) is 0 Å². The van der Waals surface area contributed by atoms with Gasteiger partial charge in [0.1, 0.15) is 18.1 Å². The van der Waals surface area contributed by atoms with Crippen molar-refractivity contribution in [3.8, 4) is 17.2 Å². The van der Waals surface area contributed by atoms with Crippen LogP contribution in [-0.4, -0.2) is 38.9 Å². The van der Waals surface area contributed by atoms with Crippen molar-refractivity contribution >= 4 is 17.4 Å². The highest BCUT2D eigenvalue weighted by Crippen LogP contribution is 2.42. The van der Waals surface area contributed by atoms with E-state index >= 15 is 0 Å². The van der Waals surface area contributed by atoms with Crippen molar-refractivity contribution in [2.75, 3.05) is 7.11 Å². The molecule has 8 heteroatoms. The zero-order chi connectivity index (χ0) is 28.2. The minimum Gasteiger partial charge on any atom is -0.507 e. The highest BCUT2D eigenvalue weighted by atomic mass is 16.5. The number of methoxy groups -OCH3 is 1. The predicted molar refractivity (Wildman–Crippen MR) is 149 cm³/mol. The standard InChI is InChI=1S/C32H28N2O6/c1-20-15-24(11-13-26(20)40-19-21-7-4-3-5-8-21)30(36)28-29(23-10-12-25(35)27(16-23)39-2)34(32(38)31(28)37)18-22-9-6-14-33-17-22/h3-17,29,35-36H,18-19H2,1-2H3/b30-28+/t29-/m1/s1. The number of nitrogens with zero attached hydrogens (tertiary/aromatic N) is 2. The molecule has 1 fully saturated rings. The first-order valence-electron chi connectivity index (χ1n) is 12.7. The van der Waals surface area contributed by atoms with Crippen molar-refractivity contribution in [2.45, 2.75) is 26.1 Å². The number of Topliss-reactive ketones (excluding diaryl/α,β-unsaturated/α-hetero) is 1. The minimum atomic E-state index is -0.927. The molecule has 0 unspecified atom stereocenters. The van der Waals surface area contributed by atoms with Crippen LogP contribution in [0.3, 0.4) is 0 Å². The molecular weight excluding hydrogens is 508 g/mol. The van der Waals surface area contributed by atoms with E-state index in [0.717, 1.165) is 16.7 Å². The molecule has 40 heavy (non-hydrogen) atoms. The quantitative estimate of drug-likeness (QED) is 0.179. The van der Waals surface area contributed by atoms with Gasteiger partial charge in [0.05, 0.1) is 18.7 Å². The number of hydrogen-bond donors (Lipinski definition) is 2. The van der Waals surface area contributed by atoms with Crippen LogP contribution in [0.15, 0.2) is 96.8 Å². The Hall–Kier alpha value is -5.11. The molecule has 4 aromatic rings. The van der Waals surface area contributed by atoms with Gasteiger partial charge in [0, 0.05) is 24.5 Å². The third-order valence-electron chi connectivity index (χ3n) is 6.82. The van der Waals surface area contributed by atoms with Crippen molar-refractivity contribution in [2.24, 2.45) is 0 Å². The number of aliphatic hydroxyl groups is 1. The van der Waals surface area contributed by atoms with Gasteiger partial charge in [0.25, 0.3) is 11.7 Å². The number of hydrogen-bond acceptors (Lipinski definition) is 7. The summed E-state index contributed by atoms with van der Waals surface area (Å²) in [5, 5.41) is 21.6. The Kier molecular flexibility index (Phi) is 7.50. The minimum absolute atomic E-state index is 0.0565. The molecule has 2 N–H and O–H groups in total. The molecule has 0 aliphatic carbocycles. The maximum Gasteiger partial charge on any atom is 0.295 e. The summed E-state index contributed by atoms with van der Waals surface area (Å²) in [6.07, 6.45) is 3.24. The molecule has 0 radical (unpaired) electrons. The average molecular weight is 537 g/mol. The molecule has 202 valence electrons. The van der Waals surface area contributed by atoms with Crippen molar-refractivity contribution < 1.29 is 29.3 Å². The third-order valence-corrected chi connectivity index (χ3v) is 6.82. The van der Waals surface area contributed by atoms with Crippen LogP contribution < -0.4 is 9.47 Å². The largest absolute Gasteiger partial charge is 0.507 e. The number of phenols is 1. The first-order chi connectivity index (χ1) is 19.4. The van der Waals surface area contributed by atoms with Gasteiger partial charge < -0.3 is 24.6 Å². The van der Waals surface area contributed by atoms with E-state index in [9.17, 15) is 19.8 Å². The first-order valence-corrected chi connectivity index (χ1v) is 12.7.